The molecule has 0 fully saturated rings. The average Bonchev–Trinajstić information content (AvgIpc) is 3.05. The van der Waals surface area contributed by atoms with Crippen LogP contribution in [0.15, 0.2) is 48.5 Å². The van der Waals surface area contributed by atoms with Gasteiger partial charge in [-0.25, -0.2) is 0 Å². The van der Waals surface area contributed by atoms with E-state index >= 15 is 0 Å². The number of nitrogen functional groups attached to an aromatic ring is 4. The zero-order valence-electron chi connectivity index (χ0n) is 29.0. The summed E-state index contributed by atoms with van der Waals surface area (Å²) in [6, 6.07) is 16.1. The van der Waals surface area contributed by atoms with Crippen LogP contribution in [-0.4, -0.2) is 26.4 Å². The Balaban J connectivity index is 1.79. The normalized spacial score (nSPS) is 12.4. The summed E-state index contributed by atoms with van der Waals surface area (Å²) in [5.41, 5.74) is 37.5. The molecule has 0 saturated carbocycles. The van der Waals surface area contributed by atoms with Crippen LogP contribution in [0.4, 0.5) is 22.7 Å². The van der Waals surface area contributed by atoms with Crippen LogP contribution in [0.3, 0.4) is 0 Å². The highest BCUT2D eigenvalue weighted by molar-refractivity contribution is 5.68. The highest BCUT2D eigenvalue weighted by Crippen LogP contribution is 2.40. The first-order valence-corrected chi connectivity index (χ1v) is 17.4. The zero-order chi connectivity index (χ0) is 34.2. The minimum atomic E-state index is 0.515. The van der Waals surface area contributed by atoms with E-state index < -0.39 is 0 Å². The maximum Gasteiger partial charge on any atom is 0.126 e. The smallest absolute Gasteiger partial charge is 0.126 e. The van der Waals surface area contributed by atoms with E-state index in [2.05, 4.69) is 52.0 Å². The van der Waals surface area contributed by atoms with Gasteiger partial charge in [-0.05, 0) is 96.5 Å². The summed E-state index contributed by atoms with van der Waals surface area (Å²) < 4.78 is 25.4. The number of nitrogens with two attached hydrogens (primary N) is 4. The number of hydrogen-bond donors (Lipinski definition) is 4. The summed E-state index contributed by atoms with van der Waals surface area (Å²) in [5, 5.41) is 0. The van der Waals surface area contributed by atoms with E-state index in [1.54, 1.807) is 0 Å². The van der Waals surface area contributed by atoms with Crippen molar-refractivity contribution in [3.63, 3.8) is 0 Å². The Bertz CT molecular complexity index is 1510. The van der Waals surface area contributed by atoms with Crippen molar-refractivity contribution in [2.24, 2.45) is 0 Å². The Labute approximate surface area is 285 Å². The lowest BCUT2D eigenvalue weighted by molar-refractivity contribution is 0.303. The second-order valence-electron chi connectivity index (χ2n) is 12.7. The van der Waals surface area contributed by atoms with Gasteiger partial charge in [-0.1, -0.05) is 27.7 Å². The van der Waals surface area contributed by atoms with Crippen LogP contribution in [0.5, 0.6) is 23.0 Å². The summed E-state index contributed by atoms with van der Waals surface area (Å²) in [7, 11) is 0. The first-order valence-electron chi connectivity index (χ1n) is 17.4. The van der Waals surface area contributed by atoms with Crippen LogP contribution in [-0.2, 0) is 25.7 Å². The number of anilines is 4. The SMILES string of the molecule is CCCOc1cc2c(OCCC)c(c1)Cc1cc(N)cc(c1N)Cc1cc(OCCC)cc(c1OCCC)Cc1cc(N)cc(c1N)C2. The molecule has 4 aromatic carbocycles. The molecule has 0 aromatic heterocycles. The molecule has 256 valence electrons. The Morgan fingerprint density at radius 2 is 0.667 bits per heavy atom. The third-order valence-electron chi connectivity index (χ3n) is 8.55. The maximum absolute atomic E-state index is 7.02. The number of hydrogen-bond acceptors (Lipinski definition) is 8. The topological polar surface area (TPSA) is 141 Å². The summed E-state index contributed by atoms with van der Waals surface area (Å²) >= 11 is 0. The number of rotatable bonds is 12. The van der Waals surface area contributed by atoms with Gasteiger partial charge in [0, 0.05) is 70.7 Å². The number of ether oxygens (including phenoxy) is 4. The van der Waals surface area contributed by atoms with Gasteiger partial charge in [0.2, 0.25) is 0 Å². The van der Waals surface area contributed by atoms with E-state index in [0.29, 0.717) is 74.9 Å². The minimum absolute atomic E-state index is 0.515. The molecular weight excluding hydrogens is 600 g/mol. The summed E-state index contributed by atoms with van der Waals surface area (Å²) in [6.45, 7) is 10.8. The standard InChI is InChI=1S/C40H52N4O4/c1-5-9-45-35-21-29-13-25-17-33(41)19-27(37(25)43)15-31-23-36(46-10-6-2)24-32(40(31)48-12-8-4)16-28-20-34(42)18-26(38(28)44)14-30(22-35)39(29)47-11-7-3/h17-24H,5-16,41-44H2,1-4H3. The van der Waals surface area contributed by atoms with Crippen LogP contribution in [0, 0.1) is 0 Å². The van der Waals surface area contributed by atoms with Gasteiger partial charge in [0.05, 0.1) is 26.4 Å². The van der Waals surface area contributed by atoms with Gasteiger partial charge in [-0.2, -0.15) is 0 Å². The molecule has 0 spiro atoms. The lowest BCUT2D eigenvalue weighted by atomic mass is 9.90. The summed E-state index contributed by atoms with van der Waals surface area (Å²) in [4.78, 5) is 0. The molecule has 8 nitrogen and oxygen atoms in total. The molecule has 5 rings (SSSR count). The predicted octanol–water partition coefficient (Wildman–Crippen LogP) is 7.85. The Morgan fingerprint density at radius 3 is 0.938 bits per heavy atom. The third kappa shape index (κ3) is 8.04. The maximum atomic E-state index is 7.02. The molecule has 0 atom stereocenters. The molecule has 1 aliphatic rings. The highest BCUT2D eigenvalue weighted by atomic mass is 16.5. The second kappa shape index (κ2) is 15.9. The number of fused-ring (bicyclic) bond motifs is 8. The lowest BCUT2D eigenvalue weighted by Gasteiger charge is -2.23. The van der Waals surface area contributed by atoms with E-state index in [1.165, 1.54) is 0 Å². The minimum Gasteiger partial charge on any atom is -0.494 e. The van der Waals surface area contributed by atoms with Crippen molar-refractivity contribution in [1.82, 2.24) is 0 Å². The van der Waals surface area contributed by atoms with Gasteiger partial charge in [-0.3, -0.25) is 0 Å². The molecule has 0 radical (unpaired) electrons. The molecule has 8 bridgehead atoms. The summed E-state index contributed by atoms with van der Waals surface area (Å²) in [5.74, 6) is 3.20. The third-order valence-corrected chi connectivity index (χ3v) is 8.55. The Morgan fingerprint density at radius 1 is 0.396 bits per heavy atom. The summed E-state index contributed by atoms with van der Waals surface area (Å²) in [6.07, 6.45) is 5.58. The molecule has 4 aromatic rings. The van der Waals surface area contributed by atoms with Crippen molar-refractivity contribution in [2.45, 2.75) is 79.1 Å². The van der Waals surface area contributed by atoms with Crippen molar-refractivity contribution < 1.29 is 18.9 Å². The van der Waals surface area contributed by atoms with Crippen LogP contribution in [0.1, 0.15) is 97.9 Å². The van der Waals surface area contributed by atoms with Crippen LogP contribution < -0.4 is 41.9 Å². The molecule has 48 heavy (non-hydrogen) atoms. The molecule has 0 heterocycles. The first kappa shape index (κ1) is 34.6. The van der Waals surface area contributed by atoms with Crippen molar-refractivity contribution >= 4 is 22.7 Å². The van der Waals surface area contributed by atoms with Gasteiger partial charge in [0.1, 0.15) is 23.0 Å². The van der Waals surface area contributed by atoms with E-state index in [-0.39, 0.29) is 0 Å². The first-order chi connectivity index (χ1) is 23.2. The van der Waals surface area contributed by atoms with Gasteiger partial charge in [0.15, 0.2) is 0 Å². The van der Waals surface area contributed by atoms with Crippen molar-refractivity contribution in [2.75, 3.05) is 49.4 Å². The fourth-order valence-electron chi connectivity index (χ4n) is 6.37. The van der Waals surface area contributed by atoms with E-state index in [4.69, 9.17) is 41.9 Å². The van der Waals surface area contributed by atoms with Crippen molar-refractivity contribution in [3.8, 4) is 23.0 Å². The molecule has 8 N–H and O–H groups in total. The largest absolute Gasteiger partial charge is 0.494 e. The molecule has 0 amide bonds. The van der Waals surface area contributed by atoms with E-state index in [9.17, 15) is 0 Å². The number of benzene rings is 4. The molecule has 0 aliphatic heterocycles. The fourth-order valence-corrected chi connectivity index (χ4v) is 6.37. The van der Waals surface area contributed by atoms with Gasteiger partial charge in [0.25, 0.3) is 0 Å². The molecule has 0 saturated heterocycles. The van der Waals surface area contributed by atoms with Crippen molar-refractivity contribution in [1.29, 1.82) is 0 Å². The monoisotopic (exact) mass is 652 g/mol. The van der Waals surface area contributed by atoms with Crippen LogP contribution in [0.2, 0.25) is 0 Å². The van der Waals surface area contributed by atoms with Gasteiger partial charge < -0.3 is 41.9 Å². The quantitative estimate of drug-likeness (QED) is 0.0999. The fraction of sp³-hybridized carbons (Fsp3) is 0.400. The van der Waals surface area contributed by atoms with Crippen molar-refractivity contribution in [3.05, 3.63) is 93.0 Å². The molecule has 8 heteroatoms. The van der Waals surface area contributed by atoms with Crippen LogP contribution >= 0.6 is 0 Å². The van der Waals surface area contributed by atoms with E-state index in [0.717, 1.165) is 93.2 Å². The predicted molar refractivity (Wildman–Crippen MR) is 198 cm³/mol. The highest BCUT2D eigenvalue weighted by Gasteiger charge is 2.22. The van der Waals surface area contributed by atoms with Gasteiger partial charge >= 0.3 is 0 Å². The lowest BCUT2D eigenvalue weighted by Crippen LogP contribution is -2.11. The zero-order valence-corrected chi connectivity index (χ0v) is 29.0. The molecular formula is C40H52N4O4. The molecule has 1 aliphatic carbocycles. The average molecular weight is 653 g/mol. The van der Waals surface area contributed by atoms with E-state index in [1.807, 2.05) is 24.3 Å². The second-order valence-corrected chi connectivity index (χ2v) is 12.7. The molecule has 0 unspecified atom stereocenters. The van der Waals surface area contributed by atoms with Gasteiger partial charge in [-0.15, -0.1) is 0 Å². The van der Waals surface area contributed by atoms with Crippen LogP contribution in [0.25, 0.3) is 0 Å². The Hall–Kier alpha value is -4.72. The Kier molecular flexibility index (Phi) is 11.5.